The number of hydrogen-bond acceptors (Lipinski definition) is 6. The normalized spacial score (nSPS) is 15.5. The summed E-state index contributed by atoms with van der Waals surface area (Å²) in [6.45, 7) is 3.83. The van der Waals surface area contributed by atoms with Crippen LogP contribution in [0.4, 0.5) is 5.69 Å². The zero-order valence-corrected chi connectivity index (χ0v) is 13.4. The highest BCUT2D eigenvalue weighted by Gasteiger charge is 2.16. The molecule has 2 heterocycles. The summed E-state index contributed by atoms with van der Waals surface area (Å²) in [6, 6.07) is 8.93. The number of nitrogens with one attached hydrogen (secondary N) is 1. The number of halogens is 1. The van der Waals surface area contributed by atoms with E-state index in [0.717, 1.165) is 32.0 Å². The van der Waals surface area contributed by atoms with Crippen molar-refractivity contribution >= 4 is 23.0 Å². The van der Waals surface area contributed by atoms with Crippen LogP contribution in [0.2, 0.25) is 5.15 Å². The van der Waals surface area contributed by atoms with Gasteiger partial charge in [-0.05, 0) is 12.1 Å². The van der Waals surface area contributed by atoms with Crippen LogP contribution in [-0.4, -0.2) is 46.9 Å². The maximum absolute atomic E-state index is 8.33. The Morgan fingerprint density at radius 3 is 2.74 bits per heavy atom. The second kappa shape index (κ2) is 7.04. The van der Waals surface area contributed by atoms with Crippen molar-refractivity contribution in [2.24, 2.45) is 0 Å². The Morgan fingerprint density at radius 1 is 1.26 bits per heavy atom. The predicted molar refractivity (Wildman–Crippen MR) is 89.9 cm³/mol. The van der Waals surface area contributed by atoms with E-state index < -0.39 is 0 Å². The van der Waals surface area contributed by atoms with Gasteiger partial charge in [-0.15, -0.1) is 0 Å². The molecule has 1 fully saturated rings. The van der Waals surface area contributed by atoms with E-state index >= 15 is 0 Å². The molecule has 0 unspecified atom stereocenters. The Balaban J connectivity index is 1.85. The van der Waals surface area contributed by atoms with Crippen molar-refractivity contribution in [3.8, 4) is 0 Å². The van der Waals surface area contributed by atoms with Crippen LogP contribution >= 0.6 is 11.6 Å². The second-order valence-corrected chi connectivity index (χ2v) is 5.74. The third kappa shape index (κ3) is 3.85. The van der Waals surface area contributed by atoms with Crippen LogP contribution in [-0.2, 0) is 11.3 Å². The zero-order chi connectivity index (χ0) is 16.2. The van der Waals surface area contributed by atoms with Gasteiger partial charge in [0.1, 0.15) is 10.9 Å². The Bertz CT molecular complexity index is 715. The molecule has 3 N–H and O–H groups in total. The number of benzene rings is 1. The minimum Gasteiger partial charge on any atom is -0.398 e. The van der Waals surface area contributed by atoms with Gasteiger partial charge in [-0.3, -0.25) is 10.3 Å². The van der Waals surface area contributed by atoms with Gasteiger partial charge in [-0.25, -0.2) is 9.97 Å². The van der Waals surface area contributed by atoms with Crippen LogP contribution in [0.5, 0.6) is 0 Å². The number of rotatable bonds is 4. The fraction of sp³-hybridized carbons (Fsp3) is 0.312. The molecule has 7 heteroatoms. The summed E-state index contributed by atoms with van der Waals surface area (Å²) in [6.07, 6.45) is 0. The molecule has 0 atom stereocenters. The zero-order valence-electron chi connectivity index (χ0n) is 12.6. The SMILES string of the molecule is N=C(c1nc(Cl)cc(CN2CCOCC2)n1)c1ccccc1N. The summed E-state index contributed by atoms with van der Waals surface area (Å²) in [5, 5.41) is 8.66. The van der Waals surface area contributed by atoms with Crippen molar-refractivity contribution in [2.45, 2.75) is 6.54 Å². The van der Waals surface area contributed by atoms with Gasteiger partial charge in [0.2, 0.25) is 0 Å². The molecule has 0 bridgehead atoms. The highest BCUT2D eigenvalue weighted by atomic mass is 35.5. The molecule has 23 heavy (non-hydrogen) atoms. The van der Waals surface area contributed by atoms with Crippen LogP contribution in [0.3, 0.4) is 0 Å². The van der Waals surface area contributed by atoms with Gasteiger partial charge in [-0.1, -0.05) is 29.8 Å². The minimum atomic E-state index is 0.175. The summed E-state index contributed by atoms with van der Waals surface area (Å²) in [5.74, 6) is 0.290. The lowest BCUT2D eigenvalue weighted by Crippen LogP contribution is -2.36. The van der Waals surface area contributed by atoms with Crippen LogP contribution in [0.1, 0.15) is 17.1 Å². The molecule has 1 aliphatic rings. The first-order valence-corrected chi connectivity index (χ1v) is 7.78. The van der Waals surface area contributed by atoms with E-state index in [-0.39, 0.29) is 5.71 Å². The van der Waals surface area contributed by atoms with E-state index in [2.05, 4.69) is 14.9 Å². The van der Waals surface area contributed by atoms with Crippen molar-refractivity contribution in [1.29, 1.82) is 5.41 Å². The van der Waals surface area contributed by atoms with E-state index in [4.69, 9.17) is 27.5 Å². The van der Waals surface area contributed by atoms with E-state index in [9.17, 15) is 0 Å². The summed E-state index contributed by atoms with van der Waals surface area (Å²) >= 11 is 6.12. The maximum Gasteiger partial charge on any atom is 0.179 e. The van der Waals surface area contributed by atoms with Crippen molar-refractivity contribution in [1.82, 2.24) is 14.9 Å². The Morgan fingerprint density at radius 2 is 2.00 bits per heavy atom. The molecule has 1 aromatic carbocycles. The average Bonchev–Trinajstić information content (AvgIpc) is 2.55. The highest BCUT2D eigenvalue weighted by molar-refractivity contribution is 6.29. The number of nitrogen functional groups attached to an aromatic ring is 1. The van der Waals surface area contributed by atoms with E-state index in [1.54, 1.807) is 18.2 Å². The molecule has 1 aromatic heterocycles. The number of anilines is 1. The smallest absolute Gasteiger partial charge is 0.179 e. The molecule has 0 amide bonds. The number of hydrogen-bond donors (Lipinski definition) is 2. The molecule has 2 aromatic rings. The third-order valence-corrected chi connectivity index (χ3v) is 3.88. The van der Waals surface area contributed by atoms with E-state index in [1.165, 1.54) is 0 Å². The third-order valence-electron chi connectivity index (χ3n) is 3.69. The largest absolute Gasteiger partial charge is 0.398 e. The molecule has 0 aliphatic carbocycles. The minimum absolute atomic E-state index is 0.175. The quantitative estimate of drug-likeness (QED) is 0.508. The molecule has 0 saturated carbocycles. The molecule has 3 rings (SSSR count). The molecule has 1 aliphatic heterocycles. The monoisotopic (exact) mass is 331 g/mol. The molecular formula is C16H18ClN5O. The van der Waals surface area contributed by atoms with Crippen molar-refractivity contribution in [2.75, 3.05) is 32.0 Å². The summed E-state index contributed by atoms with van der Waals surface area (Å²) in [4.78, 5) is 10.9. The lowest BCUT2D eigenvalue weighted by Gasteiger charge is -2.26. The second-order valence-electron chi connectivity index (χ2n) is 5.36. The topological polar surface area (TPSA) is 88.1 Å². The molecule has 120 valence electrons. The van der Waals surface area contributed by atoms with Gasteiger partial charge in [0.15, 0.2) is 5.82 Å². The van der Waals surface area contributed by atoms with E-state index in [1.807, 2.05) is 12.1 Å². The average molecular weight is 332 g/mol. The molecule has 0 spiro atoms. The Labute approximate surface area is 139 Å². The fourth-order valence-corrected chi connectivity index (χ4v) is 2.70. The van der Waals surface area contributed by atoms with Gasteiger partial charge in [0.25, 0.3) is 0 Å². The molecule has 0 radical (unpaired) electrons. The van der Waals surface area contributed by atoms with E-state index in [0.29, 0.717) is 28.8 Å². The van der Waals surface area contributed by atoms with Gasteiger partial charge >= 0.3 is 0 Å². The van der Waals surface area contributed by atoms with Crippen LogP contribution in [0.15, 0.2) is 30.3 Å². The van der Waals surface area contributed by atoms with Crippen molar-refractivity contribution in [3.05, 3.63) is 52.6 Å². The van der Waals surface area contributed by atoms with Crippen LogP contribution in [0.25, 0.3) is 0 Å². The summed E-state index contributed by atoms with van der Waals surface area (Å²) in [7, 11) is 0. The summed E-state index contributed by atoms with van der Waals surface area (Å²) < 4.78 is 5.35. The number of nitrogens with two attached hydrogens (primary N) is 1. The molecule has 1 saturated heterocycles. The van der Waals surface area contributed by atoms with Crippen LogP contribution in [0, 0.1) is 5.41 Å². The first-order chi connectivity index (χ1) is 11.1. The number of para-hydroxylation sites is 1. The first kappa shape index (κ1) is 15.9. The predicted octanol–water partition coefficient (Wildman–Crippen LogP) is 1.96. The number of aromatic nitrogens is 2. The maximum atomic E-state index is 8.33. The Kier molecular flexibility index (Phi) is 4.85. The van der Waals surface area contributed by atoms with Gasteiger partial charge < -0.3 is 10.5 Å². The van der Waals surface area contributed by atoms with Crippen molar-refractivity contribution in [3.63, 3.8) is 0 Å². The Hall–Kier alpha value is -2.02. The lowest BCUT2D eigenvalue weighted by atomic mass is 10.1. The number of morpholine rings is 1. The molecule has 6 nitrogen and oxygen atoms in total. The number of ether oxygens (including phenoxy) is 1. The highest BCUT2D eigenvalue weighted by Crippen LogP contribution is 2.17. The van der Waals surface area contributed by atoms with Crippen molar-refractivity contribution < 1.29 is 4.74 Å². The van der Waals surface area contributed by atoms with Gasteiger partial charge in [0.05, 0.1) is 18.9 Å². The number of nitrogens with zero attached hydrogens (tertiary/aromatic N) is 3. The fourth-order valence-electron chi connectivity index (χ4n) is 2.49. The molecular weight excluding hydrogens is 314 g/mol. The summed E-state index contributed by atoms with van der Waals surface area (Å²) in [5.41, 5.74) is 8.03. The lowest BCUT2D eigenvalue weighted by molar-refractivity contribution is 0.0336. The van der Waals surface area contributed by atoms with Gasteiger partial charge in [-0.2, -0.15) is 0 Å². The standard InChI is InChI=1S/C16H18ClN5O/c17-14-9-11(10-22-5-7-23-8-6-22)20-16(21-14)15(19)12-3-1-2-4-13(12)18/h1-4,9,19H,5-8,10,18H2. The first-order valence-electron chi connectivity index (χ1n) is 7.41. The van der Waals surface area contributed by atoms with Crippen LogP contribution < -0.4 is 5.73 Å². The van der Waals surface area contributed by atoms with Gasteiger partial charge in [0, 0.05) is 30.9 Å².